The number of nitrogens with one attached hydrogen (secondary N) is 2. The van der Waals surface area contributed by atoms with Crippen LogP contribution in [0.2, 0.25) is 0 Å². The Morgan fingerprint density at radius 2 is 1.76 bits per heavy atom. The van der Waals surface area contributed by atoms with Crippen molar-refractivity contribution in [2.24, 2.45) is 0 Å². The zero-order valence-corrected chi connectivity index (χ0v) is 17.2. The van der Waals surface area contributed by atoms with E-state index >= 15 is 0 Å². The Morgan fingerprint density at radius 3 is 2.45 bits per heavy atom. The number of amides is 3. The molecule has 0 unspecified atom stereocenters. The van der Waals surface area contributed by atoms with Gasteiger partial charge in [0.2, 0.25) is 11.1 Å². The van der Waals surface area contributed by atoms with Gasteiger partial charge < -0.3 is 11.2 Å². The summed E-state index contributed by atoms with van der Waals surface area (Å²) < 4.78 is 1.33. The molecule has 150 valence electrons. The number of imide groups is 1. The number of carbonyl (C=O) groups excluding carboxylic acids is 2. The monoisotopic (exact) mass is 410 g/mol. The highest BCUT2D eigenvalue weighted by molar-refractivity contribution is 7.99. The standard InChI is InChI=1S/C20H22N6O2S/c1-12-4-7-15(8-5-12)18-24-25-20(26(18)21)29-11-17(27)23-19(28)22-16-9-6-13(2)14(3)10-16/h4-10H,11,21H2,1-3H3,(H2,22,23,27,28). The normalized spacial score (nSPS) is 10.6. The Balaban J connectivity index is 1.54. The minimum absolute atomic E-state index is 0.0242. The first-order chi connectivity index (χ1) is 13.8. The quantitative estimate of drug-likeness (QED) is 0.440. The molecule has 0 atom stereocenters. The van der Waals surface area contributed by atoms with E-state index in [1.807, 2.05) is 57.2 Å². The predicted molar refractivity (Wildman–Crippen MR) is 114 cm³/mol. The summed E-state index contributed by atoms with van der Waals surface area (Å²) in [6.07, 6.45) is 0. The van der Waals surface area contributed by atoms with Crippen molar-refractivity contribution in [2.45, 2.75) is 25.9 Å². The molecule has 0 aliphatic rings. The van der Waals surface area contributed by atoms with Crippen molar-refractivity contribution in [3.8, 4) is 11.4 Å². The first-order valence-corrected chi connectivity index (χ1v) is 9.90. The van der Waals surface area contributed by atoms with E-state index in [2.05, 4.69) is 20.8 Å². The molecule has 2 aromatic carbocycles. The van der Waals surface area contributed by atoms with Crippen molar-refractivity contribution in [3.05, 3.63) is 59.2 Å². The second-order valence-electron chi connectivity index (χ2n) is 6.63. The highest BCUT2D eigenvalue weighted by Gasteiger charge is 2.15. The second-order valence-corrected chi connectivity index (χ2v) is 7.57. The van der Waals surface area contributed by atoms with Gasteiger partial charge in [0.15, 0.2) is 5.82 Å². The summed E-state index contributed by atoms with van der Waals surface area (Å²) >= 11 is 1.10. The number of anilines is 1. The molecule has 0 saturated heterocycles. The van der Waals surface area contributed by atoms with Crippen molar-refractivity contribution in [2.75, 3.05) is 16.9 Å². The average molecular weight is 411 g/mol. The number of thioether (sulfide) groups is 1. The summed E-state index contributed by atoms with van der Waals surface area (Å²) in [5.41, 5.74) is 4.75. The van der Waals surface area contributed by atoms with Crippen LogP contribution in [-0.2, 0) is 4.79 Å². The molecule has 0 saturated carbocycles. The number of hydrogen-bond donors (Lipinski definition) is 3. The van der Waals surface area contributed by atoms with Gasteiger partial charge in [-0.25, -0.2) is 9.47 Å². The topological polar surface area (TPSA) is 115 Å². The lowest BCUT2D eigenvalue weighted by Crippen LogP contribution is -2.35. The van der Waals surface area contributed by atoms with Crippen molar-refractivity contribution >= 4 is 29.4 Å². The fraction of sp³-hybridized carbons (Fsp3) is 0.200. The third-order valence-electron chi connectivity index (χ3n) is 4.32. The van der Waals surface area contributed by atoms with Crippen molar-refractivity contribution in [1.29, 1.82) is 0 Å². The Hall–Kier alpha value is -3.33. The van der Waals surface area contributed by atoms with Gasteiger partial charge in [0.1, 0.15) is 0 Å². The van der Waals surface area contributed by atoms with Gasteiger partial charge in [0.05, 0.1) is 5.75 Å². The fourth-order valence-electron chi connectivity index (χ4n) is 2.55. The summed E-state index contributed by atoms with van der Waals surface area (Å²) in [6, 6.07) is 12.7. The summed E-state index contributed by atoms with van der Waals surface area (Å²) in [7, 11) is 0. The van der Waals surface area contributed by atoms with Gasteiger partial charge in [-0.15, -0.1) is 10.2 Å². The van der Waals surface area contributed by atoms with Crippen molar-refractivity contribution in [3.63, 3.8) is 0 Å². The lowest BCUT2D eigenvalue weighted by molar-refractivity contribution is -0.117. The van der Waals surface area contributed by atoms with Crippen LogP contribution in [0.1, 0.15) is 16.7 Å². The Labute approximate surface area is 172 Å². The van der Waals surface area contributed by atoms with Crippen LogP contribution in [0.15, 0.2) is 47.6 Å². The number of nitrogens with two attached hydrogens (primary N) is 1. The van der Waals surface area contributed by atoms with Crippen LogP contribution in [0.3, 0.4) is 0 Å². The van der Waals surface area contributed by atoms with Crippen LogP contribution >= 0.6 is 11.8 Å². The van der Waals surface area contributed by atoms with E-state index in [-0.39, 0.29) is 5.75 Å². The largest absolute Gasteiger partial charge is 0.335 e. The van der Waals surface area contributed by atoms with E-state index in [1.54, 1.807) is 6.07 Å². The third kappa shape index (κ3) is 5.14. The van der Waals surface area contributed by atoms with Crippen LogP contribution in [0, 0.1) is 20.8 Å². The average Bonchev–Trinajstić information content (AvgIpc) is 3.04. The molecule has 3 rings (SSSR count). The van der Waals surface area contributed by atoms with E-state index in [9.17, 15) is 9.59 Å². The molecule has 29 heavy (non-hydrogen) atoms. The molecule has 4 N–H and O–H groups in total. The van der Waals surface area contributed by atoms with Gasteiger partial charge in [-0.2, -0.15) is 0 Å². The molecule has 8 nitrogen and oxygen atoms in total. The number of aromatic nitrogens is 3. The Bertz CT molecular complexity index is 1050. The number of benzene rings is 2. The second kappa shape index (κ2) is 8.78. The maximum absolute atomic E-state index is 12.1. The smallest absolute Gasteiger partial charge is 0.325 e. The molecule has 9 heteroatoms. The van der Waals surface area contributed by atoms with E-state index in [0.717, 1.165) is 34.0 Å². The molecule has 0 bridgehead atoms. The number of nitrogens with zero attached hydrogens (tertiary/aromatic N) is 3. The summed E-state index contributed by atoms with van der Waals surface area (Å²) in [5.74, 6) is 6.06. The molecular formula is C20H22N6O2S. The first-order valence-electron chi connectivity index (χ1n) is 8.92. The zero-order valence-electron chi connectivity index (χ0n) is 16.4. The lowest BCUT2D eigenvalue weighted by atomic mass is 10.1. The maximum atomic E-state index is 12.1. The minimum atomic E-state index is -0.589. The number of hydrogen-bond acceptors (Lipinski definition) is 6. The lowest BCUT2D eigenvalue weighted by Gasteiger charge is -2.08. The van der Waals surface area contributed by atoms with E-state index in [0.29, 0.717) is 16.7 Å². The molecule has 1 heterocycles. The van der Waals surface area contributed by atoms with Crippen LogP contribution in [-0.4, -0.2) is 32.6 Å². The molecule has 0 aliphatic carbocycles. The van der Waals surface area contributed by atoms with Crippen LogP contribution in [0.4, 0.5) is 10.5 Å². The molecular weight excluding hydrogens is 388 g/mol. The predicted octanol–water partition coefficient (Wildman–Crippen LogP) is 3.02. The van der Waals surface area contributed by atoms with Crippen LogP contribution < -0.4 is 16.5 Å². The molecule has 0 spiro atoms. The highest BCUT2D eigenvalue weighted by atomic mass is 32.2. The van der Waals surface area contributed by atoms with Gasteiger partial charge in [0, 0.05) is 11.3 Å². The molecule has 3 aromatic rings. The number of nitrogen functional groups attached to an aromatic ring is 1. The molecule has 3 amide bonds. The van der Waals surface area contributed by atoms with E-state index < -0.39 is 11.9 Å². The van der Waals surface area contributed by atoms with Crippen LogP contribution in [0.25, 0.3) is 11.4 Å². The summed E-state index contributed by atoms with van der Waals surface area (Å²) in [5, 5.41) is 13.4. The molecule has 0 aliphatic heterocycles. The first kappa shape index (κ1) is 20.4. The number of carbonyl (C=O) groups is 2. The maximum Gasteiger partial charge on any atom is 0.325 e. The molecule has 1 aromatic heterocycles. The zero-order chi connectivity index (χ0) is 21.0. The Kier molecular flexibility index (Phi) is 6.18. The fourth-order valence-corrected chi connectivity index (χ4v) is 3.21. The van der Waals surface area contributed by atoms with Crippen molar-refractivity contribution in [1.82, 2.24) is 20.2 Å². The van der Waals surface area contributed by atoms with Gasteiger partial charge >= 0.3 is 6.03 Å². The SMILES string of the molecule is Cc1ccc(-c2nnc(SCC(=O)NC(=O)Nc3ccc(C)c(C)c3)n2N)cc1. The third-order valence-corrected chi connectivity index (χ3v) is 5.27. The van der Waals surface area contributed by atoms with Gasteiger partial charge in [-0.1, -0.05) is 47.7 Å². The number of rotatable bonds is 5. The molecule has 0 fully saturated rings. The van der Waals surface area contributed by atoms with Gasteiger partial charge in [-0.05, 0) is 44.0 Å². The summed E-state index contributed by atoms with van der Waals surface area (Å²) in [6.45, 7) is 5.93. The minimum Gasteiger partial charge on any atom is -0.335 e. The highest BCUT2D eigenvalue weighted by Crippen LogP contribution is 2.21. The van der Waals surface area contributed by atoms with Crippen molar-refractivity contribution < 1.29 is 9.59 Å². The Morgan fingerprint density at radius 1 is 1.03 bits per heavy atom. The van der Waals surface area contributed by atoms with E-state index in [4.69, 9.17) is 5.84 Å². The van der Waals surface area contributed by atoms with Crippen LogP contribution in [0.5, 0.6) is 0 Å². The van der Waals surface area contributed by atoms with E-state index in [1.165, 1.54) is 4.68 Å². The molecule has 0 radical (unpaired) electrons. The van der Waals surface area contributed by atoms with Gasteiger partial charge in [0.25, 0.3) is 0 Å². The summed E-state index contributed by atoms with van der Waals surface area (Å²) in [4.78, 5) is 24.1. The number of urea groups is 1. The van der Waals surface area contributed by atoms with Gasteiger partial charge in [-0.3, -0.25) is 10.1 Å². The number of aryl methyl sites for hydroxylation is 3.